The Morgan fingerprint density at radius 2 is 1.42 bits per heavy atom. The van der Waals surface area contributed by atoms with Crippen molar-refractivity contribution in [3.63, 3.8) is 0 Å². The zero-order valence-electron chi connectivity index (χ0n) is 21.5. The zero-order valence-corrected chi connectivity index (χ0v) is 23.9. The summed E-state index contributed by atoms with van der Waals surface area (Å²) in [5.41, 5.74) is -2.48. The third kappa shape index (κ3) is 10.00. The predicted molar refractivity (Wildman–Crippen MR) is 134 cm³/mol. The van der Waals surface area contributed by atoms with E-state index in [9.17, 15) is 24.2 Å². The average molecular weight is 570 g/mol. The van der Waals surface area contributed by atoms with Crippen LogP contribution in [0.4, 0.5) is 0 Å². The fourth-order valence-corrected chi connectivity index (χ4v) is 4.68. The fraction of sp³-hybridized carbons (Fsp3) is 0.609. The van der Waals surface area contributed by atoms with Gasteiger partial charge in [-0.1, -0.05) is 29.3 Å². The third-order valence-corrected chi connectivity index (χ3v) is 7.75. The van der Waals surface area contributed by atoms with Crippen molar-refractivity contribution in [1.82, 2.24) is 5.06 Å². The van der Waals surface area contributed by atoms with E-state index in [1.807, 2.05) is 0 Å². The Balaban J connectivity index is 3.32. The summed E-state index contributed by atoms with van der Waals surface area (Å²) < 4.78 is 35.2. The molecule has 10 nitrogen and oxygen atoms in total. The van der Waals surface area contributed by atoms with Gasteiger partial charge in [-0.3, -0.25) is 33.2 Å². The third-order valence-electron chi connectivity index (χ3n) is 4.76. The van der Waals surface area contributed by atoms with Gasteiger partial charge < -0.3 is 9.47 Å². The minimum absolute atomic E-state index is 0.119. The standard InChI is InChI=1S/C23H34Cl2NO9P/c1-15(27)26(30)11-10-19(16-8-9-17(24)18(25)12-16)36(31,34-13-32-20(28)22(2,3)4)35-14-33-21(29)23(5,6)7/h8-9,12,19,30H,10-11,13-14H2,1-7H3. The molecule has 0 radical (unpaired) electrons. The Hall–Kier alpha value is -1.68. The monoisotopic (exact) mass is 569 g/mol. The van der Waals surface area contributed by atoms with Gasteiger partial charge in [0.2, 0.25) is 19.5 Å². The van der Waals surface area contributed by atoms with Gasteiger partial charge in [0.05, 0.1) is 26.5 Å². The Morgan fingerprint density at radius 3 is 1.81 bits per heavy atom. The van der Waals surface area contributed by atoms with E-state index in [-0.39, 0.29) is 23.0 Å². The van der Waals surface area contributed by atoms with Gasteiger partial charge in [0.15, 0.2) is 0 Å². The van der Waals surface area contributed by atoms with Gasteiger partial charge in [0, 0.05) is 13.5 Å². The molecule has 0 bridgehead atoms. The highest BCUT2D eigenvalue weighted by Crippen LogP contribution is 2.62. The molecule has 1 aromatic rings. The molecular formula is C23H34Cl2NO9P. The second-order valence-corrected chi connectivity index (χ2v) is 13.1. The summed E-state index contributed by atoms with van der Waals surface area (Å²) in [4.78, 5) is 35.8. The topological polar surface area (TPSA) is 129 Å². The number of carbonyl (C=O) groups excluding carboxylic acids is 3. The molecule has 1 aromatic carbocycles. The Labute approximate surface area is 221 Å². The minimum Gasteiger partial charge on any atom is -0.438 e. The first-order chi connectivity index (χ1) is 16.4. The summed E-state index contributed by atoms with van der Waals surface area (Å²) in [6.07, 6.45) is -0.119. The number of rotatable bonds is 11. The van der Waals surface area contributed by atoms with Crippen LogP contribution < -0.4 is 0 Å². The molecule has 0 heterocycles. The number of halogens is 2. The van der Waals surface area contributed by atoms with E-state index in [4.69, 9.17) is 41.7 Å². The summed E-state index contributed by atoms with van der Waals surface area (Å²) in [7, 11) is -4.30. The number of hydrogen-bond acceptors (Lipinski definition) is 9. The van der Waals surface area contributed by atoms with Gasteiger partial charge in [-0.2, -0.15) is 0 Å². The van der Waals surface area contributed by atoms with Gasteiger partial charge in [0.1, 0.15) is 0 Å². The largest absolute Gasteiger partial charge is 0.438 e. The maximum absolute atomic E-state index is 14.1. The van der Waals surface area contributed by atoms with Crippen LogP contribution in [0.5, 0.6) is 0 Å². The summed E-state index contributed by atoms with van der Waals surface area (Å²) in [6, 6.07) is 4.43. The molecule has 1 atom stereocenters. The Kier molecular flexibility index (Phi) is 11.9. The average Bonchev–Trinajstić information content (AvgIpc) is 2.74. The van der Waals surface area contributed by atoms with Crippen molar-refractivity contribution in [2.75, 3.05) is 20.1 Å². The molecule has 1 N–H and O–H groups in total. The lowest BCUT2D eigenvalue weighted by Gasteiger charge is -2.29. The van der Waals surface area contributed by atoms with Crippen molar-refractivity contribution in [3.8, 4) is 0 Å². The number of hydroxylamine groups is 2. The quantitative estimate of drug-likeness (QED) is 0.112. The SMILES string of the molecule is CC(=O)N(O)CCC(c1ccc(Cl)c(Cl)c1)P(=O)(OCOC(=O)C(C)(C)C)OCOC(=O)C(C)(C)C. The lowest BCUT2D eigenvalue weighted by Crippen LogP contribution is -2.28. The van der Waals surface area contributed by atoms with Gasteiger partial charge >= 0.3 is 19.5 Å². The van der Waals surface area contributed by atoms with Crippen LogP contribution in [0.3, 0.4) is 0 Å². The van der Waals surface area contributed by atoms with E-state index in [1.54, 1.807) is 41.5 Å². The summed E-state index contributed by atoms with van der Waals surface area (Å²) in [5, 5.41) is 10.7. The number of nitrogens with zero attached hydrogens (tertiary/aromatic N) is 1. The second-order valence-electron chi connectivity index (χ2n) is 10.0. The number of benzene rings is 1. The number of hydrogen-bond donors (Lipinski definition) is 1. The molecule has 0 aliphatic rings. The lowest BCUT2D eigenvalue weighted by atomic mass is 9.98. The number of amides is 1. The molecule has 1 unspecified atom stereocenters. The van der Waals surface area contributed by atoms with E-state index in [1.165, 1.54) is 18.2 Å². The highest BCUT2D eigenvalue weighted by atomic mass is 35.5. The number of ether oxygens (including phenoxy) is 2. The highest BCUT2D eigenvalue weighted by molar-refractivity contribution is 7.54. The molecule has 0 fully saturated rings. The maximum atomic E-state index is 14.1. The number of esters is 2. The van der Waals surface area contributed by atoms with Crippen LogP contribution in [0.15, 0.2) is 18.2 Å². The van der Waals surface area contributed by atoms with E-state index < -0.39 is 55.5 Å². The van der Waals surface area contributed by atoms with Crippen LogP contribution in [0.25, 0.3) is 0 Å². The normalized spacial score (nSPS) is 13.2. The molecule has 0 spiro atoms. The van der Waals surface area contributed by atoms with Crippen molar-refractivity contribution in [2.24, 2.45) is 10.8 Å². The molecular weight excluding hydrogens is 536 g/mol. The summed E-state index contributed by atoms with van der Waals surface area (Å²) in [6.45, 7) is 9.24. The zero-order chi connectivity index (χ0) is 27.9. The molecule has 0 aromatic heterocycles. The van der Waals surface area contributed by atoms with Gasteiger partial charge in [0.25, 0.3) is 0 Å². The molecule has 1 rings (SSSR count). The van der Waals surface area contributed by atoms with Crippen LogP contribution >= 0.6 is 30.8 Å². The maximum Gasteiger partial charge on any atom is 0.343 e. The summed E-state index contributed by atoms with van der Waals surface area (Å²) >= 11 is 12.2. The molecule has 204 valence electrons. The van der Waals surface area contributed by atoms with Crippen molar-refractivity contribution in [3.05, 3.63) is 33.8 Å². The van der Waals surface area contributed by atoms with E-state index >= 15 is 0 Å². The summed E-state index contributed by atoms with van der Waals surface area (Å²) in [5.74, 6) is -1.87. The first kappa shape index (κ1) is 32.3. The molecule has 0 aliphatic carbocycles. The van der Waals surface area contributed by atoms with Crippen molar-refractivity contribution in [2.45, 2.75) is 60.5 Å². The molecule has 0 saturated carbocycles. The predicted octanol–water partition coefficient (Wildman–Crippen LogP) is 5.98. The molecule has 0 saturated heterocycles. The first-order valence-electron chi connectivity index (χ1n) is 11.0. The van der Waals surface area contributed by atoms with Crippen molar-refractivity contribution in [1.29, 1.82) is 0 Å². The van der Waals surface area contributed by atoms with Crippen LogP contribution in [0, 0.1) is 10.8 Å². The first-order valence-corrected chi connectivity index (χ1v) is 13.4. The molecule has 36 heavy (non-hydrogen) atoms. The van der Waals surface area contributed by atoms with Crippen LogP contribution in [0.2, 0.25) is 10.0 Å². The Bertz CT molecular complexity index is 953. The van der Waals surface area contributed by atoms with Crippen LogP contribution in [-0.4, -0.2) is 48.2 Å². The van der Waals surface area contributed by atoms with E-state index in [0.717, 1.165) is 6.92 Å². The molecule has 13 heteroatoms. The Morgan fingerprint density at radius 1 is 0.944 bits per heavy atom. The van der Waals surface area contributed by atoms with Gasteiger partial charge in [-0.05, 0) is 65.7 Å². The van der Waals surface area contributed by atoms with Gasteiger partial charge in [-0.25, -0.2) is 5.06 Å². The van der Waals surface area contributed by atoms with E-state index in [2.05, 4.69) is 0 Å². The number of carbonyl (C=O) groups is 3. The molecule has 1 amide bonds. The smallest absolute Gasteiger partial charge is 0.343 e. The molecule has 0 aliphatic heterocycles. The fourth-order valence-electron chi connectivity index (χ4n) is 2.59. The highest BCUT2D eigenvalue weighted by Gasteiger charge is 2.40. The van der Waals surface area contributed by atoms with Crippen molar-refractivity contribution >= 4 is 48.6 Å². The van der Waals surface area contributed by atoms with Crippen LogP contribution in [-0.2, 0) is 37.5 Å². The van der Waals surface area contributed by atoms with Crippen LogP contribution in [0.1, 0.15) is 66.1 Å². The second kappa shape index (κ2) is 13.2. The lowest BCUT2D eigenvalue weighted by molar-refractivity contribution is -0.164. The van der Waals surface area contributed by atoms with Crippen molar-refractivity contribution < 1.29 is 42.7 Å². The minimum atomic E-state index is -4.30. The van der Waals surface area contributed by atoms with E-state index in [0.29, 0.717) is 10.6 Å². The van der Waals surface area contributed by atoms with Gasteiger partial charge in [-0.15, -0.1) is 0 Å².